The SMILES string of the molecule is CCC(CO)(NCc1ccccc1)c1ccc(C)cc1. The van der Waals surface area contributed by atoms with E-state index < -0.39 is 0 Å². The molecule has 2 nitrogen and oxygen atoms in total. The molecule has 2 rings (SSSR count). The summed E-state index contributed by atoms with van der Waals surface area (Å²) in [5, 5.41) is 13.4. The van der Waals surface area contributed by atoms with Gasteiger partial charge in [-0.1, -0.05) is 67.1 Å². The highest BCUT2D eigenvalue weighted by molar-refractivity contribution is 5.28. The molecular formula is C18H23NO. The van der Waals surface area contributed by atoms with Crippen molar-refractivity contribution in [2.45, 2.75) is 32.4 Å². The fourth-order valence-electron chi connectivity index (χ4n) is 2.43. The van der Waals surface area contributed by atoms with Gasteiger partial charge in [-0.2, -0.15) is 0 Å². The van der Waals surface area contributed by atoms with E-state index >= 15 is 0 Å². The molecular weight excluding hydrogens is 246 g/mol. The molecule has 2 N–H and O–H groups in total. The summed E-state index contributed by atoms with van der Waals surface area (Å²) in [5.41, 5.74) is 3.23. The van der Waals surface area contributed by atoms with E-state index in [9.17, 15) is 5.11 Å². The minimum Gasteiger partial charge on any atom is -0.394 e. The second-order valence-corrected chi connectivity index (χ2v) is 5.30. The molecule has 0 aliphatic heterocycles. The van der Waals surface area contributed by atoms with E-state index in [4.69, 9.17) is 0 Å². The third kappa shape index (κ3) is 3.27. The van der Waals surface area contributed by atoms with E-state index in [1.54, 1.807) is 0 Å². The number of nitrogens with one attached hydrogen (secondary N) is 1. The number of rotatable bonds is 6. The van der Waals surface area contributed by atoms with Crippen LogP contribution in [-0.4, -0.2) is 11.7 Å². The van der Waals surface area contributed by atoms with Gasteiger partial charge in [0.2, 0.25) is 0 Å². The number of aliphatic hydroxyl groups excluding tert-OH is 1. The average Bonchev–Trinajstić information content (AvgIpc) is 2.51. The quantitative estimate of drug-likeness (QED) is 0.842. The normalized spacial score (nSPS) is 13.9. The summed E-state index contributed by atoms with van der Waals surface area (Å²) in [6.45, 7) is 5.03. The number of aryl methyl sites for hydroxylation is 1. The van der Waals surface area contributed by atoms with Gasteiger partial charge in [0.05, 0.1) is 12.1 Å². The van der Waals surface area contributed by atoms with Crippen LogP contribution in [0.15, 0.2) is 54.6 Å². The summed E-state index contributed by atoms with van der Waals surface area (Å²) in [4.78, 5) is 0. The third-order valence-electron chi connectivity index (χ3n) is 3.95. The number of aliphatic hydroxyl groups is 1. The van der Waals surface area contributed by atoms with Gasteiger partial charge in [-0.3, -0.25) is 0 Å². The van der Waals surface area contributed by atoms with Crippen molar-refractivity contribution < 1.29 is 5.11 Å². The first kappa shape index (κ1) is 14.8. The Morgan fingerprint density at radius 3 is 2.20 bits per heavy atom. The smallest absolute Gasteiger partial charge is 0.0669 e. The summed E-state index contributed by atoms with van der Waals surface area (Å²) >= 11 is 0. The summed E-state index contributed by atoms with van der Waals surface area (Å²) < 4.78 is 0. The molecule has 0 saturated carbocycles. The zero-order chi connectivity index (χ0) is 14.4. The molecule has 0 amide bonds. The van der Waals surface area contributed by atoms with E-state index in [1.165, 1.54) is 11.1 Å². The maximum absolute atomic E-state index is 9.91. The summed E-state index contributed by atoms with van der Waals surface area (Å²) in [7, 11) is 0. The molecule has 0 spiro atoms. The van der Waals surface area contributed by atoms with E-state index in [1.807, 2.05) is 18.2 Å². The average molecular weight is 269 g/mol. The molecule has 0 bridgehead atoms. The van der Waals surface area contributed by atoms with Gasteiger partial charge in [-0.15, -0.1) is 0 Å². The molecule has 2 aromatic carbocycles. The van der Waals surface area contributed by atoms with Crippen molar-refractivity contribution in [1.29, 1.82) is 0 Å². The van der Waals surface area contributed by atoms with Crippen LogP contribution in [-0.2, 0) is 12.1 Å². The van der Waals surface area contributed by atoms with Crippen molar-refractivity contribution in [1.82, 2.24) is 5.32 Å². The summed E-state index contributed by atoms with van der Waals surface area (Å²) in [6.07, 6.45) is 0.847. The fourth-order valence-corrected chi connectivity index (χ4v) is 2.43. The Morgan fingerprint density at radius 2 is 1.65 bits per heavy atom. The zero-order valence-electron chi connectivity index (χ0n) is 12.3. The van der Waals surface area contributed by atoms with Gasteiger partial charge in [-0.05, 0) is 24.5 Å². The van der Waals surface area contributed by atoms with Crippen LogP contribution in [0.1, 0.15) is 30.0 Å². The second-order valence-electron chi connectivity index (χ2n) is 5.30. The van der Waals surface area contributed by atoms with Crippen LogP contribution in [0.3, 0.4) is 0 Å². The number of benzene rings is 2. The molecule has 2 aromatic rings. The molecule has 0 radical (unpaired) electrons. The molecule has 1 unspecified atom stereocenters. The van der Waals surface area contributed by atoms with Crippen LogP contribution in [0.25, 0.3) is 0 Å². The van der Waals surface area contributed by atoms with Gasteiger partial charge >= 0.3 is 0 Å². The van der Waals surface area contributed by atoms with Gasteiger partial charge in [0.1, 0.15) is 0 Å². The Bertz CT molecular complexity index is 515. The van der Waals surface area contributed by atoms with Crippen LogP contribution < -0.4 is 5.32 Å². The van der Waals surface area contributed by atoms with Gasteiger partial charge in [0, 0.05) is 6.54 Å². The Balaban J connectivity index is 2.19. The molecule has 0 fully saturated rings. The first-order chi connectivity index (χ1) is 9.70. The first-order valence-electron chi connectivity index (χ1n) is 7.17. The van der Waals surface area contributed by atoms with Crippen LogP contribution in [0.4, 0.5) is 0 Å². The second kappa shape index (κ2) is 6.69. The minimum atomic E-state index is -0.371. The Labute approximate surface area is 121 Å². The highest BCUT2D eigenvalue weighted by Gasteiger charge is 2.28. The van der Waals surface area contributed by atoms with Crippen molar-refractivity contribution in [3.05, 3.63) is 71.3 Å². The van der Waals surface area contributed by atoms with Crippen LogP contribution >= 0.6 is 0 Å². The molecule has 2 heteroatoms. The topological polar surface area (TPSA) is 32.3 Å². The van der Waals surface area contributed by atoms with E-state index in [0.717, 1.165) is 18.5 Å². The van der Waals surface area contributed by atoms with E-state index in [-0.39, 0.29) is 12.1 Å². The highest BCUT2D eigenvalue weighted by atomic mass is 16.3. The molecule has 0 aliphatic rings. The fraction of sp³-hybridized carbons (Fsp3) is 0.333. The third-order valence-corrected chi connectivity index (χ3v) is 3.95. The van der Waals surface area contributed by atoms with E-state index in [2.05, 4.69) is 55.6 Å². The Kier molecular flexibility index (Phi) is 4.94. The van der Waals surface area contributed by atoms with Gasteiger partial charge < -0.3 is 10.4 Å². The predicted octanol–water partition coefficient (Wildman–Crippen LogP) is 3.38. The lowest BCUT2D eigenvalue weighted by atomic mass is 9.87. The van der Waals surface area contributed by atoms with Gasteiger partial charge in [0.25, 0.3) is 0 Å². The Hall–Kier alpha value is -1.64. The lowest BCUT2D eigenvalue weighted by Crippen LogP contribution is -2.44. The predicted molar refractivity (Wildman–Crippen MR) is 83.5 cm³/mol. The highest BCUT2D eigenvalue weighted by Crippen LogP contribution is 2.25. The molecule has 1 atom stereocenters. The van der Waals surface area contributed by atoms with Gasteiger partial charge in [0.15, 0.2) is 0 Å². The molecule has 106 valence electrons. The largest absolute Gasteiger partial charge is 0.394 e. The molecule has 0 heterocycles. The monoisotopic (exact) mass is 269 g/mol. The number of hydrogen-bond donors (Lipinski definition) is 2. The standard InChI is InChI=1S/C18H23NO/c1-3-18(14-20,17-11-9-15(2)10-12-17)19-13-16-7-5-4-6-8-16/h4-12,19-20H,3,13-14H2,1-2H3. The summed E-state index contributed by atoms with van der Waals surface area (Å²) in [6, 6.07) is 18.7. The van der Waals surface area contributed by atoms with Crippen molar-refractivity contribution in [3.8, 4) is 0 Å². The minimum absolute atomic E-state index is 0.0966. The maximum atomic E-state index is 9.91. The van der Waals surface area contributed by atoms with Crippen LogP contribution in [0, 0.1) is 6.92 Å². The number of hydrogen-bond acceptors (Lipinski definition) is 2. The van der Waals surface area contributed by atoms with Crippen LogP contribution in [0.2, 0.25) is 0 Å². The molecule has 0 aliphatic carbocycles. The molecule has 20 heavy (non-hydrogen) atoms. The van der Waals surface area contributed by atoms with Crippen molar-refractivity contribution >= 4 is 0 Å². The van der Waals surface area contributed by atoms with Crippen molar-refractivity contribution in [2.75, 3.05) is 6.61 Å². The first-order valence-corrected chi connectivity index (χ1v) is 7.17. The van der Waals surface area contributed by atoms with E-state index in [0.29, 0.717) is 0 Å². The lowest BCUT2D eigenvalue weighted by Gasteiger charge is -2.33. The van der Waals surface area contributed by atoms with Crippen molar-refractivity contribution in [3.63, 3.8) is 0 Å². The van der Waals surface area contributed by atoms with Crippen molar-refractivity contribution in [2.24, 2.45) is 0 Å². The maximum Gasteiger partial charge on any atom is 0.0669 e. The molecule has 0 aromatic heterocycles. The van der Waals surface area contributed by atoms with Crippen LogP contribution in [0.5, 0.6) is 0 Å². The zero-order valence-corrected chi connectivity index (χ0v) is 12.3. The molecule has 0 saturated heterocycles. The summed E-state index contributed by atoms with van der Waals surface area (Å²) in [5.74, 6) is 0. The van der Waals surface area contributed by atoms with Gasteiger partial charge in [-0.25, -0.2) is 0 Å². The lowest BCUT2D eigenvalue weighted by molar-refractivity contribution is 0.154. The Morgan fingerprint density at radius 1 is 1.00 bits per heavy atom.